The summed E-state index contributed by atoms with van der Waals surface area (Å²) in [5.74, 6) is -3.02. The highest BCUT2D eigenvalue weighted by Gasteiger charge is 2.50. The van der Waals surface area contributed by atoms with E-state index >= 15 is 0 Å². The standard InChI is InChI=1S/C40H59NO6Si/c1-33(47-48(40(2,3)4,34-27-21-18-22-28-34)35-29-23-19-24-30-35)26-20-16-14-12-10-8-6-5-7-9-11-13-15-17-25-31-37(42)41-36(39(45)46)32-38(43)44/h12-15,18-19,21-24,27-30,33,36H,5-11,16-17,20,25-26,31-32H2,1-4H3,(H,41,42)(H,43,44)(H,45,46)/b14-12-,15-13-/t33-,36-/m0/s1. The van der Waals surface area contributed by atoms with Gasteiger partial charge in [-0.25, -0.2) is 4.79 Å². The Morgan fingerprint density at radius 1 is 0.729 bits per heavy atom. The normalized spacial score (nSPS) is 13.5. The van der Waals surface area contributed by atoms with E-state index in [9.17, 15) is 14.4 Å². The molecule has 0 aliphatic heterocycles. The fourth-order valence-corrected chi connectivity index (χ4v) is 10.9. The number of allylic oxidation sites excluding steroid dienone is 4. The van der Waals surface area contributed by atoms with E-state index in [4.69, 9.17) is 14.6 Å². The Balaban J connectivity index is 1.58. The Kier molecular flexibility index (Phi) is 18.8. The number of aliphatic carboxylic acids is 2. The lowest BCUT2D eigenvalue weighted by Crippen LogP contribution is -2.67. The van der Waals surface area contributed by atoms with Gasteiger partial charge in [0.05, 0.1) is 6.42 Å². The zero-order valence-corrected chi connectivity index (χ0v) is 30.7. The van der Waals surface area contributed by atoms with Crippen molar-refractivity contribution < 1.29 is 29.0 Å². The van der Waals surface area contributed by atoms with Gasteiger partial charge in [-0.2, -0.15) is 0 Å². The Hall–Kier alpha value is -3.49. The Morgan fingerprint density at radius 3 is 1.65 bits per heavy atom. The van der Waals surface area contributed by atoms with Crippen LogP contribution in [0.25, 0.3) is 0 Å². The van der Waals surface area contributed by atoms with Gasteiger partial charge in [-0.15, -0.1) is 0 Å². The molecule has 2 atom stereocenters. The van der Waals surface area contributed by atoms with Crippen molar-refractivity contribution in [2.75, 3.05) is 0 Å². The lowest BCUT2D eigenvalue weighted by molar-refractivity contribution is -0.147. The van der Waals surface area contributed by atoms with Gasteiger partial charge in [-0.3, -0.25) is 9.59 Å². The molecule has 0 saturated carbocycles. The second kappa shape index (κ2) is 22.2. The number of carboxylic acid groups (broad SMARTS) is 2. The molecule has 0 aliphatic rings. The van der Waals surface area contributed by atoms with Gasteiger partial charge < -0.3 is 20.0 Å². The summed E-state index contributed by atoms with van der Waals surface area (Å²) in [7, 11) is -2.50. The summed E-state index contributed by atoms with van der Waals surface area (Å²) in [6.07, 6.45) is 21.4. The molecule has 0 heterocycles. The fraction of sp³-hybridized carbons (Fsp3) is 0.525. The van der Waals surface area contributed by atoms with Crippen LogP contribution < -0.4 is 15.7 Å². The minimum absolute atomic E-state index is 0.00740. The van der Waals surface area contributed by atoms with Crippen molar-refractivity contribution in [1.82, 2.24) is 5.32 Å². The van der Waals surface area contributed by atoms with Crippen molar-refractivity contribution in [2.45, 2.75) is 135 Å². The van der Waals surface area contributed by atoms with Gasteiger partial charge >= 0.3 is 11.9 Å². The number of unbranched alkanes of at least 4 members (excludes halogenated alkanes) is 8. The van der Waals surface area contributed by atoms with E-state index in [1.807, 2.05) is 0 Å². The molecular formula is C40H59NO6Si. The maximum atomic E-state index is 11.9. The first kappa shape index (κ1) is 40.7. The van der Waals surface area contributed by atoms with Crippen LogP contribution in [0.15, 0.2) is 85.0 Å². The number of carboxylic acids is 2. The zero-order valence-electron chi connectivity index (χ0n) is 29.7. The van der Waals surface area contributed by atoms with E-state index in [2.05, 4.69) is 118 Å². The molecule has 0 radical (unpaired) electrons. The molecule has 7 nitrogen and oxygen atoms in total. The zero-order chi connectivity index (χ0) is 35.3. The smallest absolute Gasteiger partial charge is 0.326 e. The van der Waals surface area contributed by atoms with Crippen LogP contribution >= 0.6 is 0 Å². The second-order valence-corrected chi connectivity index (χ2v) is 18.0. The number of carbonyl (C=O) groups excluding carboxylic acids is 1. The predicted octanol–water partition coefficient (Wildman–Crippen LogP) is 8.18. The Bertz CT molecular complexity index is 1230. The molecule has 2 aromatic carbocycles. The van der Waals surface area contributed by atoms with Gasteiger partial charge in [-0.1, -0.05) is 125 Å². The molecule has 8 heteroatoms. The number of hydrogen-bond donors (Lipinski definition) is 3. The van der Waals surface area contributed by atoms with Crippen LogP contribution in [0.5, 0.6) is 0 Å². The lowest BCUT2D eigenvalue weighted by atomic mass is 10.1. The largest absolute Gasteiger partial charge is 0.481 e. The highest BCUT2D eigenvalue weighted by Crippen LogP contribution is 2.38. The third kappa shape index (κ3) is 14.7. The molecule has 48 heavy (non-hydrogen) atoms. The van der Waals surface area contributed by atoms with E-state index in [1.165, 1.54) is 36.1 Å². The molecule has 2 rings (SSSR count). The van der Waals surface area contributed by atoms with Crippen LogP contribution in [-0.4, -0.2) is 48.5 Å². The quantitative estimate of drug-likeness (QED) is 0.0587. The fourth-order valence-electron chi connectivity index (χ4n) is 6.12. The van der Waals surface area contributed by atoms with Crippen LogP contribution in [0.3, 0.4) is 0 Å². The van der Waals surface area contributed by atoms with Crippen molar-refractivity contribution in [2.24, 2.45) is 0 Å². The van der Waals surface area contributed by atoms with Crippen LogP contribution in [0, 0.1) is 0 Å². The van der Waals surface area contributed by atoms with Crippen LogP contribution in [0.4, 0.5) is 0 Å². The average molecular weight is 678 g/mol. The summed E-state index contributed by atoms with van der Waals surface area (Å²) in [5.41, 5.74) is 0. The molecule has 3 N–H and O–H groups in total. The first-order chi connectivity index (χ1) is 23.0. The number of carbonyl (C=O) groups is 3. The van der Waals surface area contributed by atoms with Crippen molar-refractivity contribution >= 4 is 36.5 Å². The third-order valence-corrected chi connectivity index (χ3v) is 13.8. The first-order valence-electron chi connectivity index (χ1n) is 17.8. The molecule has 0 aliphatic carbocycles. The molecule has 0 aromatic heterocycles. The third-order valence-electron chi connectivity index (χ3n) is 8.64. The number of hydrogen-bond acceptors (Lipinski definition) is 4. The maximum absolute atomic E-state index is 11.9. The first-order valence-corrected chi connectivity index (χ1v) is 19.7. The van der Waals surface area contributed by atoms with Gasteiger partial charge in [0.25, 0.3) is 8.32 Å². The predicted molar refractivity (Wildman–Crippen MR) is 198 cm³/mol. The molecule has 2 aromatic rings. The van der Waals surface area contributed by atoms with E-state index in [-0.39, 0.29) is 17.6 Å². The van der Waals surface area contributed by atoms with Crippen molar-refractivity contribution in [1.29, 1.82) is 0 Å². The van der Waals surface area contributed by atoms with E-state index in [0.717, 1.165) is 44.9 Å². The Labute approximate surface area is 290 Å². The van der Waals surface area contributed by atoms with Crippen LogP contribution in [0.2, 0.25) is 5.04 Å². The minimum atomic E-state index is -2.50. The number of amides is 1. The number of nitrogens with one attached hydrogen (secondary N) is 1. The van der Waals surface area contributed by atoms with E-state index < -0.39 is 38.6 Å². The molecule has 264 valence electrons. The van der Waals surface area contributed by atoms with Gasteiger partial charge in [0.2, 0.25) is 5.91 Å². The summed E-state index contributed by atoms with van der Waals surface area (Å²) >= 11 is 0. The van der Waals surface area contributed by atoms with Gasteiger partial charge in [0, 0.05) is 12.5 Å². The molecule has 1 amide bonds. The summed E-state index contributed by atoms with van der Waals surface area (Å²) in [5, 5.41) is 22.7. The summed E-state index contributed by atoms with van der Waals surface area (Å²) in [6.45, 7) is 9.24. The minimum Gasteiger partial charge on any atom is -0.481 e. The molecule has 0 spiro atoms. The van der Waals surface area contributed by atoms with Crippen LogP contribution in [-0.2, 0) is 18.8 Å². The Morgan fingerprint density at radius 2 is 1.19 bits per heavy atom. The number of rotatable bonds is 24. The van der Waals surface area contributed by atoms with Gasteiger partial charge in [0.1, 0.15) is 6.04 Å². The molecule has 0 bridgehead atoms. The SMILES string of the molecule is C[C@@H](CCC/C=C\CCCCCCC/C=C\CCCC(=O)N[C@@H](CC(=O)O)C(=O)O)O[Si](c1ccccc1)(c1ccccc1)C(C)(C)C. The average Bonchev–Trinajstić information content (AvgIpc) is 3.04. The molecule has 0 saturated heterocycles. The summed E-state index contributed by atoms with van der Waals surface area (Å²) in [4.78, 5) is 33.6. The number of benzene rings is 2. The lowest BCUT2D eigenvalue weighted by Gasteiger charge is -2.44. The topological polar surface area (TPSA) is 113 Å². The molecular weight excluding hydrogens is 619 g/mol. The highest BCUT2D eigenvalue weighted by atomic mass is 28.4. The van der Waals surface area contributed by atoms with Crippen LogP contribution in [0.1, 0.15) is 118 Å². The second-order valence-electron chi connectivity index (χ2n) is 13.8. The summed E-state index contributed by atoms with van der Waals surface area (Å²) < 4.78 is 7.20. The maximum Gasteiger partial charge on any atom is 0.326 e. The van der Waals surface area contributed by atoms with Crippen molar-refractivity contribution in [3.63, 3.8) is 0 Å². The highest BCUT2D eigenvalue weighted by molar-refractivity contribution is 6.99. The van der Waals surface area contributed by atoms with E-state index in [1.54, 1.807) is 0 Å². The van der Waals surface area contributed by atoms with E-state index in [0.29, 0.717) is 6.42 Å². The summed E-state index contributed by atoms with van der Waals surface area (Å²) in [6, 6.07) is 20.3. The van der Waals surface area contributed by atoms with Gasteiger partial charge in [-0.05, 0) is 80.1 Å². The van der Waals surface area contributed by atoms with Crippen molar-refractivity contribution in [3.05, 3.63) is 85.0 Å². The van der Waals surface area contributed by atoms with Gasteiger partial charge in [0.15, 0.2) is 0 Å². The molecule has 0 fully saturated rings. The monoisotopic (exact) mass is 677 g/mol. The molecule has 0 unspecified atom stereocenters. The van der Waals surface area contributed by atoms with Crippen molar-refractivity contribution in [3.8, 4) is 0 Å².